The van der Waals surface area contributed by atoms with Crippen molar-refractivity contribution in [2.24, 2.45) is 0 Å². The minimum atomic E-state index is -0.294. The molecule has 106 valence electrons. The Morgan fingerprint density at radius 2 is 2.05 bits per heavy atom. The van der Waals surface area contributed by atoms with Gasteiger partial charge in [-0.15, -0.1) is 10.2 Å². The van der Waals surface area contributed by atoms with Gasteiger partial charge in [-0.2, -0.15) is 0 Å². The van der Waals surface area contributed by atoms with Crippen LogP contribution >= 0.6 is 11.8 Å². The quantitative estimate of drug-likeness (QED) is 0.512. The number of benzene rings is 1. The molecule has 0 aliphatic heterocycles. The van der Waals surface area contributed by atoms with Crippen LogP contribution in [0.25, 0.3) is 11.4 Å². The van der Waals surface area contributed by atoms with Crippen LogP contribution in [0, 0.1) is 6.92 Å². The molecule has 0 saturated heterocycles. The number of esters is 1. The Morgan fingerprint density at radius 1 is 1.35 bits per heavy atom. The maximum Gasteiger partial charge on any atom is 0.316 e. The molecule has 0 aliphatic rings. The number of nitrogens with zero attached hydrogens (tertiary/aromatic N) is 3. The van der Waals surface area contributed by atoms with E-state index in [1.54, 1.807) is 6.92 Å². The number of carbonyl (C=O) groups is 1. The van der Waals surface area contributed by atoms with E-state index in [4.69, 9.17) is 10.6 Å². The molecular weight excluding hydrogens is 276 g/mol. The predicted molar refractivity (Wildman–Crippen MR) is 77.7 cm³/mol. The molecule has 0 amide bonds. The van der Waals surface area contributed by atoms with Crippen LogP contribution < -0.4 is 5.84 Å². The molecule has 20 heavy (non-hydrogen) atoms. The van der Waals surface area contributed by atoms with E-state index in [0.29, 0.717) is 17.6 Å². The zero-order valence-corrected chi connectivity index (χ0v) is 12.2. The van der Waals surface area contributed by atoms with Gasteiger partial charge in [0.1, 0.15) is 0 Å². The van der Waals surface area contributed by atoms with Crippen LogP contribution in [0.2, 0.25) is 0 Å². The van der Waals surface area contributed by atoms with Gasteiger partial charge in [0.05, 0.1) is 12.4 Å². The van der Waals surface area contributed by atoms with Crippen molar-refractivity contribution < 1.29 is 9.53 Å². The first-order valence-electron chi connectivity index (χ1n) is 6.17. The van der Waals surface area contributed by atoms with Gasteiger partial charge in [-0.25, -0.2) is 4.68 Å². The first-order chi connectivity index (χ1) is 9.61. The lowest BCUT2D eigenvalue weighted by atomic mass is 10.1. The molecule has 2 aromatic rings. The minimum Gasteiger partial charge on any atom is -0.465 e. The topological polar surface area (TPSA) is 83.0 Å². The number of nitrogen functional groups attached to an aromatic ring is 1. The van der Waals surface area contributed by atoms with Crippen molar-refractivity contribution in [2.75, 3.05) is 18.2 Å². The minimum absolute atomic E-state index is 0.164. The summed E-state index contributed by atoms with van der Waals surface area (Å²) >= 11 is 1.20. The SMILES string of the molecule is CCOC(=O)CSc1nnc(-c2ccc(C)cc2)n1N. The van der Waals surface area contributed by atoms with Crippen molar-refractivity contribution in [3.63, 3.8) is 0 Å². The molecule has 2 N–H and O–H groups in total. The van der Waals surface area contributed by atoms with Gasteiger partial charge in [0.15, 0.2) is 5.82 Å². The first kappa shape index (κ1) is 14.4. The van der Waals surface area contributed by atoms with Crippen molar-refractivity contribution in [1.82, 2.24) is 14.9 Å². The largest absolute Gasteiger partial charge is 0.465 e. The highest BCUT2D eigenvalue weighted by Crippen LogP contribution is 2.21. The summed E-state index contributed by atoms with van der Waals surface area (Å²) in [5.74, 6) is 6.39. The Bertz CT molecular complexity index is 595. The maximum atomic E-state index is 11.3. The van der Waals surface area contributed by atoms with Gasteiger partial charge in [-0.1, -0.05) is 41.6 Å². The summed E-state index contributed by atoms with van der Waals surface area (Å²) in [6.45, 7) is 4.14. The highest BCUT2D eigenvalue weighted by atomic mass is 32.2. The summed E-state index contributed by atoms with van der Waals surface area (Å²) in [5, 5.41) is 8.52. The Hall–Kier alpha value is -2.02. The molecular formula is C13H16N4O2S. The van der Waals surface area contributed by atoms with Gasteiger partial charge >= 0.3 is 5.97 Å². The lowest BCUT2D eigenvalue weighted by Gasteiger charge is -2.04. The fraction of sp³-hybridized carbons (Fsp3) is 0.308. The van der Waals surface area contributed by atoms with Crippen LogP contribution in [-0.2, 0) is 9.53 Å². The number of rotatable bonds is 5. The van der Waals surface area contributed by atoms with Gasteiger partial charge < -0.3 is 10.6 Å². The molecule has 0 radical (unpaired) electrons. The number of hydrogen-bond donors (Lipinski definition) is 1. The van der Waals surface area contributed by atoms with Gasteiger partial charge in [-0.3, -0.25) is 4.79 Å². The normalized spacial score (nSPS) is 10.5. The second-order valence-corrected chi connectivity index (χ2v) is 5.08. The van der Waals surface area contributed by atoms with E-state index in [-0.39, 0.29) is 11.7 Å². The first-order valence-corrected chi connectivity index (χ1v) is 7.16. The lowest BCUT2D eigenvalue weighted by Crippen LogP contribution is -2.13. The Kier molecular flexibility index (Phi) is 4.62. The molecule has 0 spiro atoms. The number of nitrogens with two attached hydrogens (primary N) is 1. The van der Waals surface area contributed by atoms with Crippen molar-refractivity contribution in [2.45, 2.75) is 19.0 Å². The number of thioether (sulfide) groups is 1. The van der Waals surface area contributed by atoms with Gasteiger partial charge in [0.25, 0.3) is 0 Å². The molecule has 1 aromatic carbocycles. The number of carbonyl (C=O) groups excluding carboxylic acids is 1. The molecule has 0 saturated carbocycles. The van der Waals surface area contributed by atoms with Crippen LogP contribution in [0.5, 0.6) is 0 Å². The van der Waals surface area contributed by atoms with E-state index in [1.807, 2.05) is 31.2 Å². The average Bonchev–Trinajstić information content (AvgIpc) is 2.79. The van der Waals surface area contributed by atoms with Crippen molar-refractivity contribution in [1.29, 1.82) is 0 Å². The standard InChI is InChI=1S/C13H16N4O2S/c1-3-19-11(18)8-20-13-16-15-12(17(13)14)10-6-4-9(2)5-7-10/h4-7H,3,8,14H2,1-2H3. The van der Waals surface area contributed by atoms with E-state index in [9.17, 15) is 4.79 Å². The van der Waals surface area contributed by atoms with Crippen LogP contribution in [0.3, 0.4) is 0 Å². The molecule has 7 heteroatoms. The maximum absolute atomic E-state index is 11.3. The van der Waals surface area contributed by atoms with E-state index in [0.717, 1.165) is 11.1 Å². The highest BCUT2D eigenvalue weighted by Gasteiger charge is 2.13. The highest BCUT2D eigenvalue weighted by molar-refractivity contribution is 7.99. The summed E-state index contributed by atoms with van der Waals surface area (Å²) in [6, 6.07) is 7.83. The second kappa shape index (κ2) is 6.42. The molecule has 1 heterocycles. The molecule has 6 nitrogen and oxygen atoms in total. The van der Waals surface area contributed by atoms with Crippen LogP contribution in [0.4, 0.5) is 0 Å². The molecule has 2 rings (SSSR count). The van der Waals surface area contributed by atoms with E-state index in [2.05, 4.69) is 10.2 Å². The average molecular weight is 292 g/mol. The summed E-state index contributed by atoms with van der Waals surface area (Å²) in [5.41, 5.74) is 2.04. The van der Waals surface area contributed by atoms with Crippen LogP contribution in [-0.4, -0.2) is 33.2 Å². The summed E-state index contributed by atoms with van der Waals surface area (Å²) in [6.07, 6.45) is 0. The Balaban J connectivity index is 2.11. The fourth-order valence-electron chi connectivity index (χ4n) is 1.60. The van der Waals surface area contributed by atoms with Crippen molar-refractivity contribution >= 4 is 17.7 Å². The smallest absolute Gasteiger partial charge is 0.316 e. The molecule has 0 atom stereocenters. The number of aryl methyl sites for hydroxylation is 1. The molecule has 0 unspecified atom stereocenters. The molecule has 1 aromatic heterocycles. The molecule has 0 fully saturated rings. The monoisotopic (exact) mass is 292 g/mol. The van der Waals surface area contributed by atoms with Crippen LogP contribution in [0.1, 0.15) is 12.5 Å². The lowest BCUT2D eigenvalue weighted by molar-refractivity contribution is -0.139. The molecule has 0 bridgehead atoms. The third kappa shape index (κ3) is 3.30. The number of hydrogen-bond acceptors (Lipinski definition) is 6. The van der Waals surface area contributed by atoms with Gasteiger partial charge in [-0.05, 0) is 13.8 Å². The Morgan fingerprint density at radius 3 is 2.70 bits per heavy atom. The van der Waals surface area contributed by atoms with E-state index < -0.39 is 0 Å². The third-order valence-corrected chi connectivity index (χ3v) is 3.52. The molecule has 0 aliphatic carbocycles. The third-order valence-electron chi connectivity index (χ3n) is 2.60. The van der Waals surface area contributed by atoms with Crippen molar-refractivity contribution in [3.8, 4) is 11.4 Å². The zero-order valence-electron chi connectivity index (χ0n) is 11.4. The second-order valence-electron chi connectivity index (χ2n) is 4.14. The zero-order chi connectivity index (χ0) is 14.5. The fourth-order valence-corrected chi connectivity index (χ4v) is 2.26. The number of aromatic nitrogens is 3. The van der Waals surface area contributed by atoms with Crippen LogP contribution in [0.15, 0.2) is 29.4 Å². The predicted octanol–water partition coefficient (Wildman–Crippen LogP) is 1.62. The van der Waals surface area contributed by atoms with Crippen molar-refractivity contribution in [3.05, 3.63) is 29.8 Å². The van der Waals surface area contributed by atoms with Gasteiger partial charge in [0, 0.05) is 5.56 Å². The number of ether oxygens (including phenoxy) is 1. The van der Waals surface area contributed by atoms with Gasteiger partial charge in [0.2, 0.25) is 5.16 Å². The Labute approximate surface area is 121 Å². The summed E-state index contributed by atoms with van der Waals surface area (Å²) < 4.78 is 6.23. The van der Waals surface area contributed by atoms with E-state index in [1.165, 1.54) is 16.4 Å². The van der Waals surface area contributed by atoms with E-state index >= 15 is 0 Å². The summed E-state index contributed by atoms with van der Waals surface area (Å²) in [7, 11) is 0. The summed E-state index contributed by atoms with van der Waals surface area (Å²) in [4.78, 5) is 11.3.